The molecule has 4 heteroatoms. The van der Waals surface area contributed by atoms with Gasteiger partial charge in [0.2, 0.25) is 0 Å². The van der Waals surface area contributed by atoms with Crippen LogP contribution in [0, 0.1) is 18.3 Å². The molecule has 0 aliphatic rings. The SMILES string of the molecule is Cc1ccccc1C(C#N)C(=O)c1ccc(Br)s1. The van der Waals surface area contributed by atoms with Crippen molar-refractivity contribution in [2.24, 2.45) is 0 Å². The molecule has 0 amide bonds. The number of hydrogen-bond donors (Lipinski definition) is 0. The largest absolute Gasteiger partial charge is 0.291 e. The van der Waals surface area contributed by atoms with E-state index in [9.17, 15) is 10.1 Å². The van der Waals surface area contributed by atoms with Crippen LogP contribution in [0.15, 0.2) is 40.2 Å². The monoisotopic (exact) mass is 319 g/mol. The molecular formula is C14H10BrNOS. The molecule has 2 nitrogen and oxygen atoms in total. The Morgan fingerprint density at radius 3 is 2.61 bits per heavy atom. The minimum atomic E-state index is -0.725. The van der Waals surface area contributed by atoms with Crippen molar-refractivity contribution in [2.45, 2.75) is 12.8 Å². The fourth-order valence-electron chi connectivity index (χ4n) is 1.77. The molecule has 90 valence electrons. The molecule has 0 fully saturated rings. The molecule has 0 saturated heterocycles. The van der Waals surface area contributed by atoms with Crippen molar-refractivity contribution in [1.82, 2.24) is 0 Å². The summed E-state index contributed by atoms with van der Waals surface area (Å²) in [4.78, 5) is 12.9. The molecule has 1 aromatic heterocycles. The third kappa shape index (κ3) is 2.53. The van der Waals surface area contributed by atoms with Gasteiger partial charge in [-0.3, -0.25) is 4.79 Å². The number of hydrogen-bond acceptors (Lipinski definition) is 3. The summed E-state index contributed by atoms with van der Waals surface area (Å²) in [6.45, 7) is 1.91. The second kappa shape index (κ2) is 5.47. The van der Waals surface area contributed by atoms with Crippen molar-refractivity contribution in [2.75, 3.05) is 0 Å². The Balaban J connectivity index is 2.39. The predicted molar refractivity (Wildman–Crippen MR) is 75.9 cm³/mol. The van der Waals surface area contributed by atoms with Crippen LogP contribution in [0.1, 0.15) is 26.7 Å². The number of ketones is 1. The molecule has 0 N–H and O–H groups in total. The average molecular weight is 320 g/mol. The van der Waals surface area contributed by atoms with Gasteiger partial charge >= 0.3 is 0 Å². The summed E-state index contributed by atoms with van der Waals surface area (Å²) < 4.78 is 0.896. The Morgan fingerprint density at radius 1 is 1.33 bits per heavy atom. The minimum absolute atomic E-state index is 0.137. The summed E-state index contributed by atoms with van der Waals surface area (Å²) in [5.41, 5.74) is 1.75. The van der Waals surface area contributed by atoms with Crippen molar-refractivity contribution < 1.29 is 4.79 Å². The Hall–Kier alpha value is -1.44. The van der Waals surface area contributed by atoms with Crippen LogP contribution >= 0.6 is 27.3 Å². The van der Waals surface area contributed by atoms with E-state index in [0.717, 1.165) is 14.9 Å². The van der Waals surface area contributed by atoms with Crippen molar-refractivity contribution in [3.05, 3.63) is 56.2 Å². The molecule has 1 aromatic carbocycles. The maximum absolute atomic E-state index is 12.3. The maximum atomic E-state index is 12.3. The fraction of sp³-hybridized carbons (Fsp3) is 0.143. The van der Waals surface area contributed by atoms with E-state index in [1.165, 1.54) is 11.3 Å². The van der Waals surface area contributed by atoms with Gasteiger partial charge in [0, 0.05) is 0 Å². The molecule has 2 aromatic rings. The number of aryl methyl sites for hydroxylation is 1. The summed E-state index contributed by atoms with van der Waals surface area (Å²) in [5, 5.41) is 9.26. The van der Waals surface area contributed by atoms with E-state index in [1.54, 1.807) is 6.07 Å². The van der Waals surface area contributed by atoms with Gasteiger partial charge in [-0.1, -0.05) is 24.3 Å². The summed E-state index contributed by atoms with van der Waals surface area (Å²) >= 11 is 4.68. The lowest BCUT2D eigenvalue weighted by Crippen LogP contribution is -2.11. The number of Topliss-reactive ketones (excluding diaryl/α,β-unsaturated/α-hetero) is 1. The third-order valence-corrected chi connectivity index (χ3v) is 4.35. The van der Waals surface area contributed by atoms with Crippen molar-refractivity contribution in [3.8, 4) is 6.07 Å². The summed E-state index contributed by atoms with van der Waals surface area (Å²) in [6.07, 6.45) is 0. The zero-order chi connectivity index (χ0) is 13.1. The average Bonchev–Trinajstić information content (AvgIpc) is 2.79. The zero-order valence-electron chi connectivity index (χ0n) is 9.68. The standard InChI is InChI=1S/C14H10BrNOS/c1-9-4-2-3-5-10(9)11(8-16)14(17)12-6-7-13(15)18-12/h2-7,11H,1H3. The maximum Gasteiger partial charge on any atom is 0.194 e. The lowest BCUT2D eigenvalue weighted by molar-refractivity contribution is 0.0982. The first-order valence-electron chi connectivity index (χ1n) is 5.38. The van der Waals surface area contributed by atoms with Gasteiger partial charge in [0.1, 0.15) is 5.92 Å². The van der Waals surface area contributed by atoms with E-state index in [2.05, 4.69) is 22.0 Å². The highest BCUT2D eigenvalue weighted by Gasteiger charge is 2.24. The molecule has 2 rings (SSSR count). The lowest BCUT2D eigenvalue weighted by atomic mass is 9.92. The highest BCUT2D eigenvalue weighted by molar-refractivity contribution is 9.11. The molecule has 0 spiro atoms. The molecule has 0 radical (unpaired) electrons. The Morgan fingerprint density at radius 2 is 2.06 bits per heavy atom. The first-order valence-corrected chi connectivity index (χ1v) is 6.99. The van der Waals surface area contributed by atoms with E-state index in [1.807, 2.05) is 37.3 Å². The number of benzene rings is 1. The lowest BCUT2D eigenvalue weighted by Gasteiger charge is -2.10. The van der Waals surface area contributed by atoms with Gasteiger partial charge in [-0.25, -0.2) is 0 Å². The molecule has 1 heterocycles. The van der Waals surface area contributed by atoms with Crippen LogP contribution in [0.3, 0.4) is 0 Å². The van der Waals surface area contributed by atoms with Gasteiger partial charge in [0.15, 0.2) is 5.78 Å². The van der Waals surface area contributed by atoms with Gasteiger partial charge < -0.3 is 0 Å². The first kappa shape index (κ1) is 13.0. The van der Waals surface area contributed by atoms with Gasteiger partial charge in [0.25, 0.3) is 0 Å². The third-order valence-electron chi connectivity index (χ3n) is 2.71. The quantitative estimate of drug-likeness (QED) is 0.791. The fourth-order valence-corrected chi connectivity index (χ4v) is 3.13. The Kier molecular flexibility index (Phi) is 3.95. The van der Waals surface area contributed by atoms with Crippen molar-refractivity contribution in [3.63, 3.8) is 0 Å². The molecule has 18 heavy (non-hydrogen) atoms. The molecule has 0 aliphatic carbocycles. The summed E-state index contributed by atoms with van der Waals surface area (Å²) in [5.74, 6) is -0.862. The number of carbonyl (C=O) groups excluding carboxylic acids is 1. The number of rotatable bonds is 3. The molecule has 1 atom stereocenters. The number of nitriles is 1. The first-order chi connectivity index (χ1) is 8.63. The number of halogens is 1. The minimum Gasteiger partial charge on any atom is -0.291 e. The zero-order valence-corrected chi connectivity index (χ0v) is 12.1. The second-order valence-electron chi connectivity index (χ2n) is 3.89. The van der Waals surface area contributed by atoms with E-state index < -0.39 is 5.92 Å². The van der Waals surface area contributed by atoms with Crippen LogP contribution in [0.5, 0.6) is 0 Å². The van der Waals surface area contributed by atoms with Gasteiger partial charge in [-0.2, -0.15) is 5.26 Å². The van der Waals surface area contributed by atoms with E-state index in [0.29, 0.717) is 4.88 Å². The predicted octanol–water partition coefficient (Wildman–Crippen LogP) is 4.31. The van der Waals surface area contributed by atoms with Crippen LogP contribution in [0.4, 0.5) is 0 Å². The Labute approximate surface area is 118 Å². The van der Waals surface area contributed by atoms with Crippen molar-refractivity contribution >= 4 is 33.0 Å². The van der Waals surface area contributed by atoms with E-state index in [-0.39, 0.29) is 5.78 Å². The smallest absolute Gasteiger partial charge is 0.194 e. The molecule has 0 bridgehead atoms. The topological polar surface area (TPSA) is 40.9 Å². The summed E-state index contributed by atoms with van der Waals surface area (Å²) in [6, 6.07) is 13.2. The summed E-state index contributed by atoms with van der Waals surface area (Å²) in [7, 11) is 0. The van der Waals surface area contributed by atoms with E-state index >= 15 is 0 Å². The number of thiophene rings is 1. The normalized spacial score (nSPS) is 11.8. The van der Waals surface area contributed by atoms with Crippen LogP contribution in [-0.2, 0) is 0 Å². The highest BCUT2D eigenvalue weighted by atomic mass is 79.9. The van der Waals surface area contributed by atoms with Crippen LogP contribution in [0.2, 0.25) is 0 Å². The molecular weight excluding hydrogens is 310 g/mol. The van der Waals surface area contributed by atoms with Crippen LogP contribution < -0.4 is 0 Å². The second-order valence-corrected chi connectivity index (χ2v) is 6.35. The Bertz CT molecular complexity index is 627. The van der Waals surface area contributed by atoms with E-state index in [4.69, 9.17) is 0 Å². The van der Waals surface area contributed by atoms with Crippen LogP contribution in [-0.4, -0.2) is 5.78 Å². The number of carbonyl (C=O) groups is 1. The molecule has 0 aliphatic heterocycles. The van der Waals surface area contributed by atoms with Crippen LogP contribution in [0.25, 0.3) is 0 Å². The van der Waals surface area contributed by atoms with Gasteiger partial charge in [0.05, 0.1) is 14.7 Å². The van der Waals surface area contributed by atoms with Gasteiger partial charge in [-0.15, -0.1) is 11.3 Å². The molecule has 0 saturated carbocycles. The molecule has 1 unspecified atom stereocenters. The van der Waals surface area contributed by atoms with Crippen molar-refractivity contribution in [1.29, 1.82) is 5.26 Å². The highest BCUT2D eigenvalue weighted by Crippen LogP contribution is 2.29. The van der Waals surface area contributed by atoms with Gasteiger partial charge in [-0.05, 0) is 46.1 Å². The number of nitrogens with zero attached hydrogens (tertiary/aromatic N) is 1.